The maximum absolute atomic E-state index is 12.1. The Morgan fingerprint density at radius 3 is 2.75 bits per heavy atom. The minimum absolute atomic E-state index is 0.269. The highest BCUT2D eigenvalue weighted by Gasteiger charge is 2.13. The first-order valence-corrected chi connectivity index (χ1v) is 6.31. The van der Waals surface area contributed by atoms with Gasteiger partial charge in [-0.05, 0) is 29.8 Å². The molecule has 0 heterocycles. The number of carbonyl (C=O) groups excluding carboxylic acids is 1. The normalized spacial score (nSPS) is 9.80. The number of nitrogens with zero attached hydrogens (tertiary/aromatic N) is 1. The average molecular weight is 286 g/mol. The van der Waals surface area contributed by atoms with Crippen LogP contribution in [-0.4, -0.2) is 5.91 Å². The number of nitrogen functional groups attached to an aromatic ring is 1. The number of nitriles is 1. The van der Waals surface area contributed by atoms with Gasteiger partial charge in [0.25, 0.3) is 5.91 Å². The summed E-state index contributed by atoms with van der Waals surface area (Å²) in [5.74, 6) is -0.338. The number of halogens is 1. The Morgan fingerprint density at radius 1 is 1.30 bits per heavy atom. The largest absolute Gasteiger partial charge is 0.398 e. The van der Waals surface area contributed by atoms with Gasteiger partial charge in [-0.15, -0.1) is 0 Å². The molecule has 5 heteroatoms. The van der Waals surface area contributed by atoms with E-state index < -0.39 is 0 Å². The summed E-state index contributed by atoms with van der Waals surface area (Å²) < 4.78 is 0. The summed E-state index contributed by atoms with van der Waals surface area (Å²) in [5.41, 5.74) is 7.74. The molecule has 0 unspecified atom stereocenters. The number of amides is 1. The second-order valence-corrected chi connectivity index (χ2v) is 4.61. The topological polar surface area (TPSA) is 78.9 Å². The van der Waals surface area contributed by atoms with E-state index in [1.807, 2.05) is 6.07 Å². The maximum atomic E-state index is 12.1. The van der Waals surface area contributed by atoms with E-state index in [1.54, 1.807) is 36.4 Å². The zero-order chi connectivity index (χ0) is 14.5. The molecule has 0 fully saturated rings. The minimum atomic E-state index is -0.338. The molecule has 1 amide bonds. The predicted molar refractivity (Wildman–Crippen MR) is 78.2 cm³/mol. The monoisotopic (exact) mass is 285 g/mol. The van der Waals surface area contributed by atoms with Crippen molar-refractivity contribution < 1.29 is 4.79 Å². The summed E-state index contributed by atoms with van der Waals surface area (Å²) in [4.78, 5) is 12.1. The standard InChI is InChI=1S/C15H12ClN3O/c16-12-5-2-6-13(18)14(12)15(20)19-9-11-4-1-3-10(7-11)8-17/h1-7H,9,18H2,(H,19,20). The van der Waals surface area contributed by atoms with E-state index in [1.165, 1.54) is 0 Å². The van der Waals surface area contributed by atoms with Gasteiger partial charge in [0.1, 0.15) is 0 Å². The highest BCUT2D eigenvalue weighted by molar-refractivity contribution is 6.34. The van der Waals surface area contributed by atoms with Crippen LogP contribution in [0.4, 0.5) is 5.69 Å². The van der Waals surface area contributed by atoms with Crippen molar-refractivity contribution in [2.45, 2.75) is 6.54 Å². The van der Waals surface area contributed by atoms with Crippen LogP contribution >= 0.6 is 11.6 Å². The third-order valence-corrected chi connectivity index (χ3v) is 3.10. The van der Waals surface area contributed by atoms with Gasteiger partial charge in [-0.25, -0.2) is 0 Å². The Labute approximate surface area is 121 Å². The van der Waals surface area contributed by atoms with Crippen LogP contribution < -0.4 is 11.1 Å². The second kappa shape index (κ2) is 6.09. The van der Waals surface area contributed by atoms with E-state index in [-0.39, 0.29) is 11.5 Å². The lowest BCUT2D eigenvalue weighted by Crippen LogP contribution is -2.24. The van der Waals surface area contributed by atoms with Crippen molar-refractivity contribution in [3.8, 4) is 6.07 Å². The predicted octanol–water partition coefficient (Wildman–Crippen LogP) is 2.72. The SMILES string of the molecule is N#Cc1cccc(CNC(=O)c2c(N)cccc2Cl)c1. The Hall–Kier alpha value is -2.51. The molecule has 0 bridgehead atoms. The van der Waals surface area contributed by atoms with Gasteiger partial charge in [-0.2, -0.15) is 5.26 Å². The summed E-state index contributed by atoms with van der Waals surface area (Å²) in [5, 5.41) is 11.9. The lowest BCUT2D eigenvalue weighted by atomic mass is 10.1. The van der Waals surface area contributed by atoms with E-state index in [2.05, 4.69) is 11.4 Å². The zero-order valence-corrected chi connectivity index (χ0v) is 11.3. The minimum Gasteiger partial charge on any atom is -0.398 e. The first-order valence-electron chi connectivity index (χ1n) is 5.93. The molecular weight excluding hydrogens is 274 g/mol. The summed E-state index contributed by atoms with van der Waals surface area (Å²) in [7, 11) is 0. The first-order chi connectivity index (χ1) is 9.61. The Balaban J connectivity index is 2.11. The maximum Gasteiger partial charge on any atom is 0.255 e. The van der Waals surface area contributed by atoms with Gasteiger partial charge in [-0.1, -0.05) is 29.8 Å². The van der Waals surface area contributed by atoms with E-state index in [0.29, 0.717) is 22.8 Å². The molecule has 0 spiro atoms. The Morgan fingerprint density at radius 2 is 2.05 bits per heavy atom. The van der Waals surface area contributed by atoms with Crippen LogP contribution in [0.5, 0.6) is 0 Å². The van der Waals surface area contributed by atoms with Gasteiger partial charge in [-0.3, -0.25) is 4.79 Å². The Kier molecular flexibility index (Phi) is 4.24. The van der Waals surface area contributed by atoms with E-state index in [4.69, 9.17) is 22.6 Å². The molecule has 0 aliphatic rings. The smallest absolute Gasteiger partial charge is 0.255 e. The van der Waals surface area contributed by atoms with Crippen LogP contribution in [-0.2, 0) is 6.54 Å². The number of hydrogen-bond acceptors (Lipinski definition) is 3. The molecule has 2 aromatic rings. The van der Waals surface area contributed by atoms with Crippen LogP contribution in [0.3, 0.4) is 0 Å². The second-order valence-electron chi connectivity index (χ2n) is 4.20. The lowest BCUT2D eigenvalue weighted by molar-refractivity contribution is 0.0952. The Bertz CT molecular complexity index is 672. The molecule has 0 aliphatic carbocycles. The van der Waals surface area contributed by atoms with Crippen LogP contribution in [0.1, 0.15) is 21.5 Å². The van der Waals surface area contributed by atoms with Crippen molar-refractivity contribution >= 4 is 23.2 Å². The molecule has 2 aromatic carbocycles. The number of rotatable bonds is 3. The molecule has 0 aromatic heterocycles. The van der Waals surface area contributed by atoms with Gasteiger partial charge in [0.2, 0.25) is 0 Å². The molecule has 4 nitrogen and oxygen atoms in total. The van der Waals surface area contributed by atoms with Crippen molar-refractivity contribution in [2.75, 3.05) is 5.73 Å². The number of anilines is 1. The zero-order valence-electron chi connectivity index (χ0n) is 10.6. The summed E-state index contributed by atoms with van der Waals surface area (Å²) >= 11 is 5.97. The summed E-state index contributed by atoms with van der Waals surface area (Å²) in [6.45, 7) is 0.305. The molecule has 0 aliphatic heterocycles. The molecule has 0 atom stereocenters. The van der Waals surface area contributed by atoms with Crippen LogP contribution in [0.25, 0.3) is 0 Å². The molecule has 0 saturated heterocycles. The molecule has 2 rings (SSSR count). The van der Waals surface area contributed by atoms with Crippen LogP contribution in [0, 0.1) is 11.3 Å². The average Bonchev–Trinajstić information content (AvgIpc) is 2.45. The summed E-state index contributed by atoms with van der Waals surface area (Å²) in [6.07, 6.45) is 0. The van der Waals surface area contributed by atoms with E-state index in [9.17, 15) is 4.79 Å². The lowest BCUT2D eigenvalue weighted by Gasteiger charge is -2.09. The highest BCUT2D eigenvalue weighted by atomic mass is 35.5. The number of hydrogen-bond donors (Lipinski definition) is 2. The van der Waals surface area contributed by atoms with Crippen LogP contribution in [0.2, 0.25) is 5.02 Å². The van der Waals surface area contributed by atoms with Gasteiger partial charge in [0, 0.05) is 12.2 Å². The van der Waals surface area contributed by atoms with Gasteiger partial charge >= 0.3 is 0 Å². The molecule has 3 N–H and O–H groups in total. The van der Waals surface area contributed by atoms with E-state index in [0.717, 1.165) is 5.56 Å². The molecule has 20 heavy (non-hydrogen) atoms. The molecule has 100 valence electrons. The number of nitrogens with two attached hydrogens (primary N) is 1. The van der Waals surface area contributed by atoms with Crippen molar-refractivity contribution in [2.24, 2.45) is 0 Å². The van der Waals surface area contributed by atoms with Crippen molar-refractivity contribution in [1.82, 2.24) is 5.32 Å². The third kappa shape index (κ3) is 3.08. The highest BCUT2D eigenvalue weighted by Crippen LogP contribution is 2.21. The fourth-order valence-corrected chi connectivity index (χ4v) is 2.07. The van der Waals surface area contributed by atoms with Crippen molar-refractivity contribution in [1.29, 1.82) is 5.26 Å². The van der Waals surface area contributed by atoms with Crippen molar-refractivity contribution in [3.63, 3.8) is 0 Å². The quantitative estimate of drug-likeness (QED) is 0.851. The number of benzene rings is 2. The number of carbonyl (C=O) groups is 1. The fraction of sp³-hybridized carbons (Fsp3) is 0.0667. The third-order valence-electron chi connectivity index (χ3n) is 2.78. The van der Waals surface area contributed by atoms with Gasteiger partial charge < -0.3 is 11.1 Å². The van der Waals surface area contributed by atoms with Gasteiger partial charge in [0.15, 0.2) is 0 Å². The van der Waals surface area contributed by atoms with Gasteiger partial charge in [0.05, 0.1) is 22.2 Å². The molecular formula is C15H12ClN3O. The number of nitrogens with one attached hydrogen (secondary N) is 1. The van der Waals surface area contributed by atoms with E-state index >= 15 is 0 Å². The molecule has 0 radical (unpaired) electrons. The first kappa shape index (κ1) is 13.9. The molecule has 0 saturated carbocycles. The summed E-state index contributed by atoms with van der Waals surface area (Å²) in [6, 6.07) is 14.0. The van der Waals surface area contributed by atoms with Crippen LogP contribution in [0.15, 0.2) is 42.5 Å². The fourth-order valence-electron chi connectivity index (χ4n) is 1.80. The van der Waals surface area contributed by atoms with Crippen molar-refractivity contribution in [3.05, 3.63) is 64.2 Å².